The van der Waals surface area contributed by atoms with E-state index < -0.39 is 0 Å². The van der Waals surface area contributed by atoms with Gasteiger partial charge in [0.05, 0.1) is 6.20 Å². The summed E-state index contributed by atoms with van der Waals surface area (Å²) in [6.07, 6.45) is 6.10. The van der Waals surface area contributed by atoms with Gasteiger partial charge >= 0.3 is 0 Å². The van der Waals surface area contributed by atoms with Gasteiger partial charge in [-0.15, -0.1) is 5.10 Å². The Balaban J connectivity index is 1.95. The summed E-state index contributed by atoms with van der Waals surface area (Å²) in [5.74, 6) is -0.106. The predicted octanol–water partition coefficient (Wildman–Crippen LogP) is 0.487. The van der Waals surface area contributed by atoms with Crippen molar-refractivity contribution in [2.24, 2.45) is 7.05 Å². The van der Waals surface area contributed by atoms with Crippen molar-refractivity contribution in [3.8, 4) is 0 Å². The highest BCUT2D eigenvalue weighted by Crippen LogP contribution is 2.17. The van der Waals surface area contributed by atoms with E-state index in [1.807, 2.05) is 0 Å². The minimum atomic E-state index is -0.106. The van der Waals surface area contributed by atoms with E-state index in [9.17, 15) is 4.79 Å². The van der Waals surface area contributed by atoms with Crippen LogP contribution >= 0.6 is 0 Å². The number of nitrogens with zero attached hydrogens (tertiary/aromatic N) is 3. The molecule has 0 saturated heterocycles. The molecule has 0 unspecified atom stereocenters. The highest BCUT2D eigenvalue weighted by Gasteiger charge is 2.19. The molecule has 1 aromatic heterocycles. The summed E-state index contributed by atoms with van der Waals surface area (Å²) < 4.78 is 0. The number of rotatable bonds is 2. The van der Waals surface area contributed by atoms with Crippen LogP contribution in [0.1, 0.15) is 36.2 Å². The topological polar surface area (TPSA) is 59.8 Å². The highest BCUT2D eigenvalue weighted by atomic mass is 16.2. The summed E-state index contributed by atoms with van der Waals surface area (Å²) in [5, 5.41) is 10.8. The molecule has 1 heterocycles. The molecule has 5 nitrogen and oxygen atoms in total. The van der Waals surface area contributed by atoms with Crippen LogP contribution in [-0.4, -0.2) is 26.9 Å². The molecule has 1 aliphatic carbocycles. The number of hydrogen-bond donors (Lipinski definition) is 1. The summed E-state index contributed by atoms with van der Waals surface area (Å²) in [4.78, 5) is 13.0. The lowest BCUT2D eigenvalue weighted by Crippen LogP contribution is -2.32. The third kappa shape index (κ3) is 1.92. The Kier molecular flexibility index (Phi) is 2.47. The van der Waals surface area contributed by atoms with Gasteiger partial charge < -0.3 is 5.32 Å². The molecule has 76 valence electrons. The van der Waals surface area contributed by atoms with E-state index in [4.69, 9.17) is 0 Å². The molecule has 1 amide bonds. The summed E-state index contributed by atoms with van der Waals surface area (Å²) in [6, 6.07) is 0.338. The van der Waals surface area contributed by atoms with Gasteiger partial charge in [0.1, 0.15) is 0 Å². The average molecular weight is 194 g/mol. The number of amides is 1. The fourth-order valence-electron chi connectivity index (χ4n) is 1.78. The van der Waals surface area contributed by atoms with Crippen LogP contribution in [0.5, 0.6) is 0 Å². The van der Waals surface area contributed by atoms with Crippen LogP contribution in [0.4, 0.5) is 0 Å². The van der Waals surface area contributed by atoms with Gasteiger partial charge in [-0.2, -0.15) is 9.90 Å². The number of nitrogens with one attached hydrogen (secondary N) is 1. The van der Waals surface area contributed by atoms with Crippen LogP contribution in [0.3, 0.4) is 0 Å². The van der Waals surface area contributed by atoms with Gasteiger partial charge in [-0.05, 0) is 12.8 Å². The monoisotopic (exact) mass is 194 g/mol. The molecule has 1 aromatic rings. The fraction of sp³-hybridized carbons (Fsp3) is 0.667. The van der Waals surface area contributed by atoms with Crippen LogP contribution in [0.2, 0.25) is 0 Å². The maximum atomic E-state index is 11.6. The molecule has 1 N–H and O–H groups in total. The third-order valence-electron chi connectivity index (χ3n) is 2.52. The van der Waals surface area contributed by atoms with Gasteiger partial charge in [0, 0.05) is 13.1 Å². The van der Waals surface area contributed by atoms with Crippen molar-refractivity contribution < 1.29 is 4.79 Å². The second kappa shape index (κ2) is 3.77. The van der Waals surface area contributed by atoms with Crippen molar-refractivity contribution in [2.45, 2.75) is 31.7 Å². The number of carbonyl (C=O) groups is 1. The lowest BCUT2D eigenvalue weighted by atomic mass is 10.2. The second-order valence-corrected chi connectivity index (χ2v) is 3.67. The molecule has 0 aromatic carbocycles. The van der Waals surface area contributed by atoms with E-state index in [2.05, 4.69) is 15.5 Å². The molecule has 0 atom stereocenters. The Labute approximate surface area is 82.5 Å². The molecule has 5 heteroatoms. The zero-order valence-electron chi connectivity index (χ0n) is 8.23. The van der Waals surface area contributed by atoms with E-state index in [0.717, 1.165) is 12.8 Å². The molecule has 0 radical (unpaired) electrons. The van der Waals surface area contributed by atoms with Gasteiger partial charge in [0.2, 0.25) is 0 Å². The predicted molar refractivity (Wildman–Crippen MR) is 50.7 cm³/mol. The van der Waals surface area contributed by atoms with E-state index in [1.165, 1.54) is 23.8 Å². The summed E-state index contributed by atoms with van der Waals surface area (Å²) >= 11 is 0. The number of aryl methyl sites for hydroxylation is 1. The average Bonchev–Trinajstić information content (AvgIpc) is 2.75. The molecule has 0 aliphatic heterocycles. The van der Waals surface area contributed by atoms with Gasteiger partial charge in [0.25, 0.3) is 5.91 Å². The first-order valence-corrected chi connectivity index (χ1v) is 4.93. The van der Waals surface area contributed by atoms with Gasteiger partial charge in [-0.1, -0.05) is 12.8 Å². The van der Waals surface area contributed by atoms with Crippen LogP contribution < -0.4 is 5.32 Å². The molecule has 0 bridgehead atoms. The molecule has 1 fully saturated rings. The van der Waals surface area contributed by atoms with Crippen molar-refractivity contribution >= 4 is 5.91 Å². The Morgan fingerprint density at radius 2 is 2.29 bits per heavy atom. The first-order chi connectivity index (χ1) is 6.75. The van der Waals surface area contributed by atoms with E-state index in [0.29, 0.717) is 11.7 Å². The Morgan fingerprint density at radius 3 is 2.86 bits per heavy atom. The molecule has 14 heavy (non-hydrogen) atoms. The van der Waals surface area contributed by atoms with Crippen molar-refractivity contribution in [2.75, 3.05) is 0 Å². The molecular weight excluding hydrogens is 180 g/mol. The van der Waals surface area contributed by atoms with E-state index in [1.54, 1.807) is 7.05 Å². The van der Waals surface area contributed by atoms with Crippen molar-refractivity contribution in [1.29, 1.82) is 0 Å². The summed E-state index contributed by atoms with van der Waals surface area (Å²) in [6.45, 7) is 0. The minimum Gasteiger partial charge on any atom is -0.348 e. The molecule has 2 rings (SSSR count). The van der Waals surface area contributed by atoms with Gasteiger partial charge in [0.15, 0.2) is 5.69 Å². The van der Waals surface area contributed by atoms with E-state index in [-0.39, 0.29) is 5.91 Å². The van der Waals surface area contributed by atoms with Gasteiger partial charge in [-0.3, -0.25) is 4.79 Å². The minimum absolute atomic E-state index is 0.106. The van der Waals surface area contributed by atoms with Gasteiger partial charge in [-0.25, -0.2) is 0 Å². The fourth-order valence-corrected chi connectivity index (χ4v) is 1.78. The smallest absolute Gasteiger partial charge is 0.273 e. The highest BCUT2D eigenvalue weighted by molar-refractivity contribution is 5.92. The lowest BCUT2D eigenvalue weighted by molar-refractivity contribution is 0.0932. The van der Waals surface area contributed by atoms with Crippen LogP contribution in [-0.2, 0) is 7.05 Å². The number of hydrogen-bond acceptors (Lipinski definition) is 3. The Bertz CT molecular complexity index is 327. The summed E-state index contributed by atoms with van der Waals surface area (Å²) in [5.41, 5.74) is 0.402. The molecule has 0 spiro atoms. The standard InChI is InChI=1S/C9H14N4O/c1-13-10-6-8(12-13)9(14)11-7-4-2-3-5-7/h6-7H,2-5H2,1H3,(H,11,14). The zero-order chi connectivity index (χ0) is 9.97. The number of carbonyl (C=O) groups excluding carboxylic acids is 1. The Morgan fingerprint density at radius 1 is 1.57 bits per heavy atom. The Hall–Kier alpha value is -1.39. The normalized spacial score (nSPS) is 17.2. The first kappa shape index (κ1) is 9.18. The van der Waals surface area contributed by atoms with E-state index >= 15 is 0 Å². The van der Waals surface area contributed by atoms with Crippen LogP contribution in [0.25, 0.3) is 0 Å². The lowest BCUT2D eigenvalue weighted by Gasteiger charge is -2.09. The second-order valence-electron chi connectivity index (χ2n) is 3.67. The molecule has 1 saturated carbocycles. The van der Waals surface area contributed by atoms with Crippen LogP contribution in [0.15, 0.2) is 6.20 Å². The van der Waals surface area contributed by atoms with Crippen molar-refractivity contribution in [3.05, 3.63) is 11.9 Å². The van der Waals surface area contributed by atoms with Crippen molar-refractivity contribution in [3.63, 3.8) is 0 Å². The van der Waals surface area contributed by atoms with Crippen molar-refractivity contribution in [1.82, 2.24) is 20.3 Å². The molecular formula is C9H14N4O. The molecule has 1 aliphatic rings. The number of aromatic nitrogens is 3. The largest absolute Gasteiger partial charge is 0.348 e. The first-order valence-electron chi connectivity index (χ1n) is 4.93. The zero-order valence-corrected chi connectivity index (χ0v) is 8.23. The third-order valence-corrected chi connectivity index (χ3v) is 2.52. The quantitative estimate of drug-likeness (QED) is 0.745. The maximum absolute atomic E-state index is 11.6. The van der Waals surface area contributed by atoms with Crippen LogP contribution in [0, 0.1) is 0 Å². The maximum Gasteiger partial charge on any atom is 0.273 e. The summed E-state index contributed by atoms with van der Waals surface area (Å²) in [7, 11) is 1.70. The SMILES string of the molecule is Cn1ncc(C(=O)NC2CCCC2)n1.